The van der Waals surface area contributed by atoms with Crippen LogP contribution in [-0.2, 0) is 0 Å². The summed E-state index contributed by atoms with van der Waals surface area (Å²) in [4.78, 5) is 0. The quantitative estimate of drug-likeness (QED) is 0.500. The van der Waals surface area contributed by atoms with E-state index in [1.807, 2.05) is 0 Å². The molecule has 0 aromatic rings. The SMILES string of the molecule is CCC1C2C3CC3C[C@H]12. The van der Waals surface area contributed by atoms with Crippen molar-refractivity contribution < 1.29 is 0 Å². The molecule has 3 fully saturated rings. The van der Waals surface area contributed by atoms with Crippen LogP contribution in [0.2, 0.25) is 0 Å². The van der Waals surface area contributed by atoms with Crippen molar-refractivity contribution in [3.8, 4) is 0 Å². The third-order valence-corrected chi connectivity index (χ3v) is 3.92. The molecule has 3 aliphatic carbocycles. The van der Waals surface area contributed by atoms with Crippen molar-refractivity contribution in [3.05, 3.63) is 0 Å². The fraction of sp³-hybridized carbons (Fsp3) is 1.00. The van der Waals surface area contributed by atoms with Crippen molar-refractivity contribution in [1.82, 2.24) is 0 Å². The minimum atomic E-state index is 1.19. The lowest BCUT2D eigenvalue weighted by Crippen LogP contribution is -1.86. The summed E-state index contributed by atoms with van der Waals surface area (Å²) in [5.74, 6) is 6.11. The first-order valence-corrected chi connectivity index (χ1v) is 4.42. The van der Waals surface area contributed by atoms with Crippen LogP contribution in [0, 0.1) is 29.6 Å². The molecule has 0 amide bonds. The molecule has 0 aromatic carbocycles. The van der Waals surface area contributed by atoms with Gasteiger partial charge in [0, 0.05) is 0 Å². The Bertz CT molecular complexity index is 146. The molecule has 3 rings (SSSR count). The molecular formula is C9H14. The van der Waals surface area contributed by atoms with Crippen molar-refractivity contribution in [1.29, 1.82) is 0 Å². The van der Waals surface area contributed by atoms with Crippen molar-refractivity contribution in [2.45, 2.75) is 26.2 Å². The Morgan fingerprint density at radius 2 is 2.00 bits per heavy atom. The lowest BCUT2D eigenvalue weighted by Gasteiger charge is -1.94. The smallest absolute Gasteiger partial charge is 0.0321 e. The molecule has 50 valence electrons. The van der Waals surface area contributed by atoms with Crippen LogP contribution in [-0.4, -0.2) is 0 Å². The summed E-state index contributed by atoms with van der Waals surface area (Å²) in [6.07, 6.45) is 4.70. The van der Waals surface area contributed by atoms with Gasteiger partial charge in [-0.05, 0) is 42.4 Å². The van der Waals surface area contributed by atoms with Crippen molar-refractivity contribution in [3.63, 3.8) is 0 Å². The fourth-order valence-electron chi connectivity index (χ4n) is 3.38. The first kappa shape index (κ1) is 4.76. The number of rotatable bonds is 1. The summed E-state index contributed by atoms with van der Waals surface area (Å²) < 4.78 is 0. The molecule has 0 bridgehead atoms. The predicted octanol–water partition coefficient (Wildman–Crippen LogP) is 2.30. The monoisotopic (exact) mass is 122 g/mol. The zero-order chi connectivity index (χ0) is 6.01. The molecule has 0 aromatic heterocycles. The highest BCUT2D eigenvalue weighted by atomic mass is 14.7. The zero-order valence-electron chi connectivity index (χ0n) is 6.01. The maximum absolute atomic E-state index is 2.36. The van der Waals surface area contributed by atoms with E-state index in [1.165, 1.54) is 36.0 Å². The minimum Gasteiger partial charge on any atom is -0.0651 e. The van der Waals surface area contributed by atoms with Crippen molar-refractivity contribution in [2.75, 3.05) is 0 Å². The van der Waals surface area contributed by atoms with E-state index in [2.05, 4.69) is 6.92 Å². The summed E-state index contributed by atoms with van der Waals surface area (Å²) in [6.45, 7) is 2.36. The van der Waals surface area contributed by atoms with Crippen LogP contribution in [0.4, 0.5) is 0 Å². The molecule has 0 N–H and O–H groups in total. The van der Waals surface area contributed by atoms with Crippen molar-refractivity contribution >= 4 is 0 Å². The highest BCUT2D eigenvalue weighted by Crippen LogP contribution is 2.73. The molecule has 5 atom stereocenters. The number of fused-ring (bicyclic) bond motifs is 3. The first-order valence-electron chi connectivity index (χ1n) is 4.42. The van der Waals surface area contributed by atoms with E-state index in [1.54, 1.807) is 12.8 Å². The Morgan fingerprint density at radius 1 is 1.22 bits per heavy atom. The average Bonchev–Trinajstić information content (AvgIpc) is 2.72. The van der Waals surface area contributed by atoms with Crippen LogP contribution in [0.5, 0.6) is 0 Å². The topological polar surface area (TPSA) is 0 Å². The fourth-order valence-corrected chi connectivity index (χ4v) is 3.38. The molecule has 0 spiro atoms. The molecule has 0 radical (unpaired) electrons. The van der Waals surface area contributed by atoms with E-state index in [0.717, 1.165) is 0 Å². The van der Waals surface area contributed by atoms with Gasteiger partial charge in [0.15, 0.2) is 0 Å². The van der Waals surface area contributed by atoms with Gasteiger partial charge in [0.25, 0.3) is 0 Å². The molecule has 0 aliphatic heterocycles. The summed E-state index contributed by atoms with van der Waals surface area (Å²) in [5.41, 5.74) is 0. The summed E-state index contributed by atoms with van der Waals surface area (Å²) in [7, 11) is 0. The molecule has 0 saturated heterocycles. The Hall–Kier alpha value is 0. The van der Waals surface area contributed by atoms with E-state index in [9.17, 15) is 0 Å². The number of hydrogen-bond donors (Lipinski definition) is 0. The van der Waals surface area contributed by atoms with Gasteiger partial charge in [-0.2, -0.15) is 0 Å². The van der Waals surface area contributed by atoms with E-state index >= 15 is 0 Å². The third-order valence-electron chi connectivity index (χ3n) is 3.92. The standard InChI is InChI=1S/C9H14/c1-2-6-8-4-5-3-7(5)9(6)8/h5-9H,2-4H2,1H3/t5?,6?,7?,8-,9?/m1/s1. The molecule has 0 nitrogen and oxygen atoms in total. The maximum atomic E-state index is 2.36. The summed E-state index contributed by atoms with van der Waals surface area (Å²) in [6, 6.07) is 0. The summed E-state index contributed by atoms with van der Waals surface area (Å²) in [5, 5.41) is 0. The van der Waals surface area contributed by atoms with Crippen LogP contribution in [0.1, 0.15) is 26.2 Å². The van der Waals surface area contributed by atoms with E-state index in [0.29, 0.717) is 0 Å². The molecule has 3 aliphatic rings. The van der Waals surface area contributed by atoms with Crippen LogP contribution in [0.15, 0.2) is 0 Å². The largest absolute Gasteiger partial charge is 0.0651 e. The molecule has 9 heavy (non-hydrogen) atoms. The average molecular weight is 122 g/mol. The second-order valence-electron chi connectivity index (χ2n) is 4.21. The lowest BCUT2D eigenvalue weighted by molar-refractivity contribution is 0.556. The van der Waals surface area contributed by atoms with Gasteiger partial charge >= 0.3 is 0 Å². The predicted molar refractivity (Wildman–Crippen MR) is 37.0 cm³/mol. The van der Waals surface area contributed by atoms with Crippen LogP contribution in [0.3, 0.4) is 0 Å². The molecule has 4 unspecified atom stereocenters. The van der Waals surface area contributed by atoms with Gasteiger partial charge in [0.1, 0.15) is 0 Å². The van der Waals surface area contributed by atoms with Crippen LogP contribution < -0.4 is 0 Å². The molecule has 0 heteroatoms. The maximum Gasteiger partial charge on any atom is -0.0321 e. The molecule has 3 saturated carbocycles. The Labute approximate surface area is 56.6 Å². The van der Waals surface area contributed by atoms with E-state index < -0.39 is 0 Å². The Balaban J connectivity index is 1.79. The van der Waals surface area contributed by atoms with Gasteiger partial charge < -0.3 is 0 Å². The molecular weight excluding hydrogens is 108 g/mol. The Kier molecular flexibility index (Phi) is 0.640. The Morgan fingerprint density at radius 3 is 2.56 bits per heavy atom. The lowest BCUT2D eigenvalue weighted by atomic mass is 10.1. The van der Waals surface area contributed by atoms with Gasteiger partial charge in [-0.3, -0.25) is 0 Å². The van der Waals surface area contributed by atoms with E-state index in [-0.39, 0.29) is 0 Å². The highest BCUT2D eigenvalue weighted by molar-refractivity contribution is 5.14. The first-order chi connectivity index (χ1) is 4.42. The minimum absolute atomic E-state index is 1.19. The summed E-state index contributed by atoms with van der Waals surface area (Å²) >= 11 is 0. The number of hydrogen-bond acceptors (Lipinski definition) is 0. The van der Waals surface area contributed by atoms with E-state index in [4.69, 9.17) is 0 Å². The molecule has 0 heterocycles. The van der Waals surface area contributed by atoms with Gasteiger partial charge in [-0.25, -0.2) is 0 Å². The third kappa shape index (κ3) is 0.426. The van der Waals surface area contributed by atoms with Crippen molar-refractivity contribution in [2.24, 2.45) is 29.6 Å². The van der Waals surface area contributed by atoms with Gasteiger partial charge in [0.05, 0.1) is 0 Å². The second-order valence-corrected chi connectivity index (χ2v) is 4.21. The highest BCUT2D eigenvalue weighted by Gasteiger charge is 2.66. The zero-order valence-corrected chi connectivity index (χ0v) is 6.01. The normalized spacial score (nSPS) is 67.0. The van der Waals surface area contributed by atoms with Crippen LogP contribution in [0.25, 0.3) is 0 Å². The van der Waals surface area contributed by atoms with Gasteiger partial charge in [-0.15, -0.1) is 0 Å². The van der Waals surface area contributed by atoms with Crippen LogP contribution >= 0.6 is 0 Å². The second kappa shape index (κ2) is 1.21. The van der Waals surface area contributed by atoms with Gasteiger partial charge in [-0.1, -0.05) is 13.3 Å². The van der Waals surface area contributed by atoms with Gasteiger partial charge in [0.2, 0.25) is 0 Å².